The molecule has 2 fully saturated rings. The van der Waals surface area contributed by atoms with Crippen molar-refractivity contribution in [3.8, 4) is 0 Å². The van der Waals surface area contributed by atoms with Gasteiger partial charge in [-0.2, -0.15) is 4.98 Å². The number of para-hydroxylation sites is 1. The zero-order valence-electron chi connectivity index (χ0n) is 18.6. The molecule has 6 nitrogen and oxygen atoms in total. The second kappa shape index (κ2) is 8.48. The number of amides is 1. The summed E-state index contributed by atoms with van der Waals surface area (Å²) >= 11 is 0. The molecule has 2 bridgehead atoms. The maximum Gasteiger partial charge on any atom is 0.225 e. The molecule has 1 aromatic heterocycles. The van der Waals surface area contributed by atoms with Gasteiger partial charge in [0.1, 0.15) is 5.82 Å². The van der Waals surface area contributed by atoms with E-state index in [0.717, 1.165) is 55.4 Å². The number of carbonyl (C=O) groups is 1. The predicted molar refractivity (Wildman–Crippen MR) is 125 cm³/mol. The molecular formula is C25H33N5O. The van der Waals surface area contributed by atoms with Gasteiger partial charge in [-0.3, -0.25) is 4.79 Å². The summed E-state index contributed by atoms with van der Waals surface area (Å²) in [6.45, 7) is 0.820. The number of hydrogen-bond acceptors (Lipinski definition) is 5. The van der Waals surface area contributed by atoms with Gasteiger partial charge in [-0.25, -0.2) is 4.98 Å². The van der Waals surface area contributed by atoms with E-state index in [1.165, 1.54) is 6.42 Å². The zero-order valence-corrected chi connectivity index (χ0v) is 18.6. The molecule has 2 N–H and O–H groups in total. The van der Waals surface area contributed by atoms with Crippen LogP contribution in [0.3, 0.4) is 0 Å². The highest BCUT2D eigenvalue weighted by atomic mass is 16.1. The maximum absolute atomic E-state index is 12.6. The van der Waals surface area contributed by atoms with Crippen LogP contribution in [0.25, 0.3) is 10.9 Å². The smallest absolute Gasteiger partial charge is 0.225 e. The minimum Gasteiger partial charge on any atom is -0.362 e. The lowest BCUT2D eigenvalue weighted by atomic mass is 9.85. The van der Waals surface area contributed by atoms with Crippen LogP contribution in [-0.4, -0.2) is 42.6 Å². The Labute approximate surface area is 184 Å². The van der Waals surface area contributed by atoms with Gasteiger partial charge in [0.2, 0.25) is 11.9 Å². The summed E-state index contributed by atoms with van der Waals surface area (Å²) in [6, 6.07) is 8.55. The van der Waals surface area contributed by atoms with Crippen molar-refractivity contribution in [1.82, 2.24) is 15.3 Å². The summed E-state index contributed by atoms with van der Waals surface area (Å²) in [7, 11) is 4.04. The quantitative estimate of drug-likeness (QED) is 0.693. The lowest BCUT2D eigenvalue weighted by Crippen LogP contribution is -2.38. The van der Waals surface area contributed by atoms with Crippen LogP contribution >= 0.6 is 0 Å². The summed E-state index contributed by atoms with van der Waals surface area (Å²) in [5.41, 5.74) is 0.968. The molecule has 1 amide bonds. The Morgan fingerprint density at radius 3 is 2.58 bits per heavy atom. The molecule has 6 heteroatoms. The van der Waals surface area contributed by atoms with E-state index in [1.54, 1.807) is 0 Å². The van der Waals surface area contributed by atoms with E-state index >= 15 is 0 Å². The number of nitrogens with zero attached hydrogens (tertiary/aromatic N) is 3. The van der Waals surface area contributed by atoms with Gasteiger partial charge in [0.25, 0.3) is 0 Å². The molecule has 5 rings (SSSR count). The van der Waals surface area contributed by atoms with Gasteiger partial charge in [-0.05, 0) is 68.4 Å². The van der Waals surface area contributed by atoms with Crippen molar-refractivity contribution in [3.05, 3.63) is 36.4 Å². The van der Waals surface area contributed by atoms with E-state index in [2.05, 4.69) is 28.9 Å². The molecule has 0 radical (unpaired) electrons. The van der Waals surface area contributed by atoms with Gasteiger partial charge in [0.15, 0.2) is 0 Å². The van der Waals surface area contributed by atoms with E-state index in [9.17, 15) is 4.79 Å². The molecule has 3 aliphatic carbocycles. The van der Waals surface area contributed by atoms with Crippen molar-refractivity contribution in [2.45, 2.75) is 44.6 Å². The molecule has 2 aromatic rings. The van der Waals surface area contributed by atoms with Crippen molar-refractivity contribution >= 4 is 28.6 Å². The van der Waals surface area contributed by atoms with E-state index in [1.807, 2.05) is 37.2 Å². The molecule has 164 valence electrons. The van der Waals surface area contributed by atoms with Crippen LogP contribution in [0.1, 0.15) is 38.5 Å². The van der Waals surface area contributed by atoms with Gasteiger partial charge in [0.05, 0.1) is 5.52 Å². The minimum absolute atomic E-state index is 0.212. The van der Waals surface area contributed by atoms with Crippen molar-refractivity contribution in [2.75, 3.05) is 30.9 Å². The number of nitrogens with one attached hydrogen (secondary N) is 2. The summed E-state index contributed by atoms with van der Waals surface area (Å²) in [5.74, 6) is 3.85. The summed E-state index contributed by atoms with van der Waals surface area (Å²) < 4.78 is 0. The lowest BCUT2D eigenvalue weighted by Gasteiger charge is -2.30. The van der Waals surface area contributed by atoms with Crippen LogP contribution in [0, 0.1) is 23.7 Å². The standard InChI is InChI=1S/C25H33N5O/c1-30(2)23-20-5-3-4-6-22(20)28-25(29-23)27-19-11-8-16(9-12-19)15-26-24(31)21-14-17-7-10-18(21)13-17/h3-7,10,16-19,21H,8-9,11-15H2,1-2H3,(H,26,31)(H,27,28,29). The summed E-state index contributed by atoms with van der Waals surface area (Å²) in [4.78, 5) is 24.2. The van der Waals surface area contributed by atoms with E-state index in [0.29, 0.717) is 29.7 Å². The van der Waals surface area contributed by atoms with E-state index in [-0.39, 0.29) is 11.8 Å². The van der Waals surface area contributed by atoms with Gasteiger partial charge in [-0.15, -0.1) is 0 Å². The fourth-order valence-corrected chi connectivity index (χ4v) is 5.62. The fourth-order valence-electron chi connectivity index (χ4n) is 5.62. The molecule has 3 unspecified atom stereocenters. The second-order valence-electron chi connectivity index (χ2n) is 9.78. The third-order valence-electron chi connectivity index (χ3n) is 7.37. The Hall–Kier alpha value is -2.63. The second-order valence-corrected chi connectivity index (χ2v) is 9.78. The van der Waals surface area contributed by atoms with E-state index in [4.69, 9.17) is 9.97 Å². The van der Waals surface area contributed by atoms with Crippen molar-refractivity contribution in [1.29, 1.82) is 0 Å². The number of benzene rings is 1. The van der Waals surface area contributed by atoms with E-state index < -0.39 is 0 Å². The first-order chi connectivity index (χ1) is 15.1. The number of carbonyl (C=O) groups excluding carboxylic acids is 1. The SMILES string of the molecule is CN(C)c1nc(NC2CCC(CNC(=O)C3CC4C=CC3C4)CC2)nc2ccccc12. The predicted octanol–water partition coefficient (Wildman–Crippen LogP) is 3.99. The number of anilines is 2. The monoisotopic (exact) mass is 419 g/mol. The molecule has 2 saturated carbocycles. The fraction of sp³-hybridized carbons (Fsp3) is 0.560. The van der Waals surface area contributed by atoms with Gasteiger partial charge < -0.3 is 15.5 Å². The first kappa shape index (κ1) is 20.3. The topological polar surface area (TPSA) is 70.2 Å². The Kier molecular flexibility index (Phi) is 5.55. The van der Waals surface area contributed by atoms with Crippen LogP contribution in [0.15, 0.2) is 36.4 Å². The average molecular weight is 420 g/mol. The number of aromatic nitrogens is 2. The Balaban J connectivity index is 1.13. The van der Waals surface area contributed by atoms with Crippen LogP contribution < -0.4 is 15.5 Å². The van der Waals surface area contributed by atoms with Crippen molar-refractivity contribution in [2.24, 2.45) is 23.7 Å². The Bertz CT molecular complexity index is 979. The van der Waals surface area contributed by atoms with Crippen molar-refractivity contribution < 1.29 is 4.79 Å². The maximum atomic E-state index is 12.6. The first-order valence-electron chi connectivity index (χ1n) is 11.7. The number of fused-ring (bicyclic) bond motifs is 3. The molecule has 0 aliphatic heterocycles. The molecule has 31 heavy (non-hydrogen) atoms. The highest BCUT2D eigenvalue weighted by Crippen LogP contribution is 2.43. The average Bonchev–Trinajstić information content (AvgIpc) is 3.42. The lowest BCUT2D eigenvalue weighted by molar-refractivity contribution is -0.125. The molecule has 1 aromatic carbocycles. The molecular weight excluding hydrogens is 386 g/mol. The van der Waals surface area contributed by atoms with Crippen LogP contribution in [0.5, 0.6) is 0 Å². The molecule has 3 aliphatic rings. The number of rotatable bonds is 6. The number of allylic oxidation sites excluding steroid dienone is 2. The van der Waals surface area contributed by atoms with Crippen molar-refractivity contribution in [3.63, 3.8) is 0 Å². The molecule has 0 spiro atoms. The minimum atomic E-state index is 0.212. The normalized spacial score (nSPS) is 29.3. The molecule has 3 atom stereocenters. The van der Waals surface area contributed by atoms with Crippen LogP contribution in [0.4, 0.5) is 11.8 Å². The Morgan fingerprint density at radius 2 is 1.87 bits per heavy atom. The third-order valence-corrected chi connectivity index (χ3v) is 7.37. The summed E-state index contributed by atoms with van der Waals surface area (Å²) in [5, 5.41) is 7.91. The molecule has 1 heterocycles. The highest BCUT2D eigenvalue weighted by Gasteiger charge is 2.39. The zero-order chi connectivity index (χ0) is 21.4. The molecule has 0 saturated heterocycles. The summed E-state index contributed by atoms with van der Waals surface area (Å²) in [6.07, 6.45) is 11.2. The first-order valence-corrected chi connectivity index (χ1v) is 11.7. The Morgan fingerprint density at radius 1 is 1.06 bits per heavy atom. The van der Waals surface area contributed by atoms with Crippen LogP contribution in [0.2, 0.25) is 0 Å². The van der Waals surface area contributed by atoms with Gasteiger partial charge in [0, 0.05) is 38.0 Å². The largest absolute Gasteiger partial charge is 0.362 e. The van der Waals surface area contributed by atoms with Gasteiger partial charge in [-0.1, -0.05) is 24.3 Å². The third kappa shape index (κ3) is 4.25. The highest BCUT2D eigenvalue weighted by molar-refractivity contribution is 5.90. The van der Waals surface area contributed by atoms with Gasteiger partial charge >= 0.3 is 0 Å². The number of hydrogen-bond donors (Lipinski definition) is 2. The van der Waals surface area contributed by atoms with Crippen LogP contribution in [-0.2, 0) is 4.79 Å².